The van der Waals surface area contributed by atoms with Crippen molar-refractivity contribution in [3.63, 3.8) is 0 Å². The Balaban J connectivity index is 1.48. The van der Waals surface area contributed by atoms with Crippen LogP contribution in [0.2, 0.25) is 5.02 Å². The molecule has 2 saturated carbocycles. The van der Waals surface area contributed by atoms with Crippen molar-refractivity contribution in [2.24, 2.45) is 11.8 Å². The van der Waals surface area contributed by atoms with E-state index in [1.54, 1.807) is 0 Å². The smallest absolute Gasteiger partial charge is 0.166 e. The minimum Gasteiger partial charge on any atom is -0.360 e. The fourth-order valence-corrected chi connectivity index (χ4v) is 3.88. The number of benzene rings is 1. The predicted octanol–water partition coefficient (Wildman–Crippen LogP) is 3.49. The summed E-state index contributed by atoms with van der Waals surface area (Å²) in [7, 11) is 0. The quantitative estimate of drug-likeness (QED) is 0.835. The molecule has 2 bridgehead atoms. The Morgan fingerprint density at radius 2 is 2.11 bits per heavy atom. The van der Waals surface area contributed by atoms with Crippen LogP contribution in [0.1, 0.15) is 31.2 Å². The topological polar surface area (TPSA) is 24.1 Å². The summed E-state index contributed by atoms with van der Waals surface area (Å²) >= 11 is 11.5. The first-order valence-electron chi connectivity index (χ1n) is 7.00. The SMILES string of the molecule is S=C(NCc1ccccc1Cl)N[C@@H]1C[C@@H]2CC[C@@H]1C2. The highest BCUT2D eigenvalue weighted by molar-refractivity contribution is 7.80. The number of fused-ring (bicyclic) bond motifs is 2. The van der Waals surface area contributed by atoms with Gasteiger partial charge < -0.3 is 10.6 Å². The van der Waals surface area contributed by atoms with Crippen molar-refractivity contribution < 1.29 is 0 Å². The molecule has 2 fully saturated rings. The molecule has 3 rings (SSSR count). The van der Waals surface area contributed by atoms with Crippen LogP contribution in [0, 0.1) is 11.8 Å². The van der Waals surface area contributed by atoms with E-state index >= 15 is 0 Å². The highest BCUT2D eigenvalue weighted by Crippen LogP contribution is 2.44. The zero-order chi connectivity index (χ0) is 13.2. The molecule has 0 aromatic heterocycles. The van der Waals surface area contributed by atoms with Gasteiger partial charge in [0.05, 0.1) is 0 Å². The first kappa shape index (κ1) is 13.2. The number of rotatable bonds is 3. The summed E-state index contributed by atoms with van der Waals surface area (Å²) in [6, 6.07) is 8.46. The van der Waals surface area contributed by atoms with Gasteiger partial charge in [0.2, 0.25) is 0 Å². The lowest BCUT2D eigenvalue weighted by molar-refractivity contribution is 0.389. The molecule has 0 spiro atoms. The van der Waals surface area contributed by atoms with Gasteiger partial charge in [-0.05, 0) is 54.9 Å². The molecule has 102 valence electrons. The average Bonchev–Trinajstić information content (AvgIpc) is 3.00. The standard InChI is InChI=1S/C15H19ClN2S/c16-13-4-2-1-3-12(13)9-17-15(19)18-14-8-10-5-6-11(14)7-10/h1-4,10-11,14H,5-9H2,(H2,17,18,19)/t10-,11-,14-/m1/s1. The van der Waals surface area contributed by atoms with E-state index in [2.05, 4.69) is 10.6 Å². The third-order valence-electron chi connectivity index (χ3n) is 4.45. The molecule has 0 radical (unpaired) electrons. The Morgan fingerprint density at radius 3 is 2.79 bits per heavy atom. The van der Waals surface area contributed by atoms with E-state index in [4.69, 9.17) is 23.8 Å². The molecule has 2 aliphatic carbocycles. The summed E-state index contributed by atoms with van der Waals surface area (Å²) in [6.07, 6.45) is 5.47. The summed E-state index contributed by atoms with van der Waals surface area (Å²) in [4.78, 5) is 0. The minimum absolute atomic E-state index is 0.588. The van der Waals surface area contributed by atoms with Gasteiger partial charge in [-0.3, -0.25) is 0 Å². The normalized spacial score (nSPS) is 28.4. The van der Waals surface area contributed by atoms with Crippen LogP contribution in [0.25, 0.3) is 0 Å². The van der Waals surface area contributed by atoms with E-state index in [0.717, 1.165) is 27.5 Å². The van der Waals surface area contributed by atoms with Gasteiger partial charge in [-0.1, -0.05) is 36.2 Å². The van der Waals surface area contributed by atoms with Gasteiger partial charge in [0.15, 0.2) is 5.11 Å². The van der Waals surface area contributed by atoms with Gasteiger partial charge in [0.1, 0.15) is 0 Å². The molecule has 19 heavy (non-hydrogen) atoms. The second-order valence-corrected chi connectivity index (χ2v) is 6.52. The average molecular weight is 295 g/mol. The molecule has 0 saturated heterocycles. The van der Waals surface area contributed by atoms with Gasteiger partial charge in [0.25, 0.3) is 0 Å². The molecular weight excluding hydrogens is 276 g/mol. The van der Waals surface area contributed by atoms with E-state index in [1.165, 1.54) is 25.7 Å². The fourth-order valence-electron chi connectivity index (χ4n) is 3.46. The maximum Gasteiger partial charge on any atom is 0.166 e. The van der Waals surface area contributed by atoms with Gasteiger partial charge >= 0.3 is 0 Å². The number of thiocarbonyl (C=S) groups is 1. The number of nitrogens with one attached hydrogen (secondary N) is 2. The molecule has 1 aromatic carbocycles. The van der Waals surface area contributed by atoms with E-state index in [1.807, 2.05) is 24.3 Å². The molecule has 2 aliphatic rings. The molecular formula is C15H19ClN2S. The van der Waals surface area contributed by atoms with E-state index in [9.17, 15) is 0 Å². The van der Waals surface area contributed by atoms with Crippen LogP contribution in [-0.2, 0) is 6.54 Å². The second-order valence-electron chi connectivity index (χ2n) is 5.70. The molecule has 2 nitrogen and oxygen atoms in total. The lowest BCUT2D eigenvalue weighted by atomic mass is 9.96. The lowest BCUT2D eigenvalue weighted by Crippen LogP contribution is -2.43. The third kappa shape index (κ3) is 3.03. The molecule has 0 unspecified atom stereocenters. The largest absolute Gasteiger partial charge is 0.360 e. The third-order valence-corrected chi connectivity index (χ3v) is 5.08. The van der Waals surface area contributed by atoms with Crippen LogP contribution < -0.4 is 10.6 Å². The molecule has 0 aliphatic heterocycles. The number of hydrogen-bond donors (Lipinski definition) is 2. The Kier molecular flexibility index (Phi) is 3.94. The van der Waals surface area contributed by atoms with Crippen molar-refractivity contribution in [3.8, 4) is 0 Å². The highest BCUT2D eigenvalue weighted by atomic mass is 35.5. The first-order valence-corrected chi connectivity index (χ1v) is 7.79. The fraction of sp³-hybridized carbons (Fsp3) is 0.533. The van der Waals surface area contributed by atoms with Crippen molar-refractivity contribution in [2.75, 3.05) is 0 Å². The van der Waals surface area contributed by atoms with Crippen molar-refractivity contribution >= 4 is 28.9 Å². The maximum absolute atomic E-state index is 6.13. The van der Waals surface area contributed by atoms with Crippen LogP contribution in [0.4, 0.5) is 0 Å². The minimum atomic E-state index is 0.588. The molecule has 4 heteroatoms. The van der Waals surface area contributed by atoms with Crippen LogP contribution >= 0.6 is 23.8 Å². The summed E-state index contributed by atoms with van der Waals surface area (Å²) in [5, 5.41) is 8.29. The second kappa shape index (κ2) is 5.68. The molecule has 0 amide bonds. The van der Waals surface area contributed by atoms with Crippen LogP contribution in [0.15, 0.2) is 24.3 Å². The van der Waals surface area contributed by atoms with E-state index < -0.39 is 0 Å². The Hall–Kier alpha value is -0.800. The van der Waals surface area contributed by atoms with Crippen LogP contribution in [-0.4, -0.2) is 11.2 Å². The maximum atomic E-state index is 6.13. The van der Waals surface area contributed by atoms with Gasteiger partial charge in [-0.25, -0.2) is 0 Å². The highest BCUT2D eigenvalue weighted by Gasteiger charge is 2.39. The molecule has 1 aromatic rings. The van der Waals surface area contributed by atoms with Crippen molar-refractivity contribution in [1.82, 2.24) is 10.6 Å². The number of hydrogen-bond acceptors (Lipinski definition) is 1. The van der Waals surface area contributed by atoms with Gasteiger partial charge in [0, 0.05) is 17.6 Å². The first-order chi connectivity index (χ1) is 9.22. The lowest BCUT2D eigenvalue weighted by Gasteiger charge is -2.24. The van der Waals surface area contributed by atoms with Crippen molar-refractivity contribution in [1.29, 1.82) is 0 Å². The summed E-state index contributed by atoms with van der Waals surface area (Å²) < 4.78 is 0. The van der Waals surface area contributed by atoms with E-state index in [0.29, 0.717) is 12.6 Å². The van der Waals surface area contributed by atoms with Crippen LogP contribution in [0.3, 0.4) is 0 Å². The zero-order valence-corrected chi connectivity index (χ0v) is 12.4. The zero-order valence-electron chi connectivity index (χ0n) is 10.9. The Morgan fingerprint density at radius 1 is 1.26 bits per heavy atom. The van der Waals surface area contributed by atoms with Gasteiger partial charge in [-0.15, -0.1) is 0 Å². The van der Waals surface area contributed by atoms with Crippen LogP contribution in [0.5, 0.6) is 0 Å². The molecule has 2 N–H and O–H groups in total. The summed E-state index contributed by atoms with van der Waals surface area (Å²) in [5.41, 5.74) is 1.08. The Bertz CT molecular complexity index is 477. The monoisotopic (exact) mass is 294 g/mol. The van der Waals surface area contributed by atoms with E-state index in [-0.39, 0.29) is 0 Å². The summed E-state index contributed by atoms with van der Waals surface area (Å²) in [5.74, 6) is 1.78. The predicted molar refractivity (Wildman–Crippen MR) is 83.3 cm³/mol. The number of halogens is 1. The van der Waals surface area contributed by atoms with Crippen molar-refractivity contribution in [2.45, 2.75) is 38.3 Å². The molecule has 0 heterocycles. The summed E-state index contributed by atoms with van der Waals surface area (Å²) in [6.45, 7) is 0.687. The van der Waals surface area contributed by atoms with Crippen molar-refractivity contribution in [3.05, 3.63) is 34.9 Å². The van der Waals surface area contributed by atoms with Gasteiger partial charge in [-0.2, -0.15) is 0 Å². The Labute approximate surface area is 124 Å². The molecule has 3 atom stereocenters.